The molecule has 0 heterocycles. The van der Waals surface area contributed by atoms with Crippen LogP contribution in [0.15, 0.2) is 60.2 Å². The van der Waals surface area contributed by atoms with E-state index in [1.807, 2.05) is 24.3 Å². The fraction of sp³-hybridized carbons (Fsp3) is 0.185. The van der Waals surface area contributed by atoms with Crippen molar-refractivity contribution in [2.24, 2.45) is 0 Å². The third kappa shape index (κ3) is 5.89. The van der Waals surface area contributed by atoms with Crippen LogP contribution in [-0.2, 0) is 11.4 Å². The van der Waals surface area contributed by atoms with E-state index in [9.17, 15) is 10.1 Å². The third-order valence-electron chi connectivity index (χ3n) is 5.27. The monoisotopic (exact) mass is 476 g/mol. The Morgan fingerprint density at radius 1 is 1.00 bits per heavy atom. The Kier molecular flexibility index (Phi) is 8.18. The van der Waals surface area contributed by atoms with Crippen LogP contribution in [0.1, 0.15) is 22.3 Å². The molecule has 1 amide bonds. The van der Waals surface area contributed by atoms with Gasteiger partial charge in [0, 0.05) is 17.7 Å². The number of nitrogens with zero attached hydrogens (tertiary/aromatic N) is 1. The summed E-state index contributed by atoms with van der Waals surface area (Å²) in [6, 6.07) is 18.4. The zero-order chi connectivity index (χ0) is 24.7. The molecule has 0 bridgehead atoms. The summed E-state index contributed by atoms with van der Waals surface area (Å²) in [5, 5.41) is 12.7. The Labute approximate surface area is 204 Å². The van der Waals surface area contributed by atoms with E-state index in [0.29, 0.717) is 40.1 Å². The van der Waals surface area contributed by atoms with E-state index in [4.69, 9.17) is 25.8 Å². The number of carbonyl (C=O) groups excluding carboxylic acids is 1. The van der Waals surface area contributed by atoms with Crippen LogP contribution >= 0.6 is 11.6 Å². The van der Waals surface area contributed by atoms with Crippen molar-refractivity contribution >= 4 is 29.3 Å². The summed E-state index contributed by atoms with van der Waals surface area (Å²) in [5.41, 5.74) is 4.27. The number of ether oxygens (including phenoxy) is 3. The van der Waals surface area contributed by atoms with Crippen molar-refractivity contribution in [3.05, 3.63) is 87.4 Å². The van der Waals surface area contributed by atoms with Gasteiger partial charge in [-0.3, -0.25) is 4.79 Å². The molecule has 3 rings (SSSR count). The fourth-order valence-electron chi connectivity index (χ4n) is 3.24. The van der Waals surface area contributed by atoms with Gasteiger partial charge in [0.2, 0.25) is 0 Å². The average molecular weight is 477 g/mol. The average Bonchev–Trinajstić information content (AvgIpc) is 2.84. The summed E-state index contributed by atoms with van der Waals surface area (Å²) in [6.45, 7) is 4.48. The van der Waals surface area contributed by atoms with Crippen LogP contribution in [0.2, 0.25) is 5.02 Å². The number of halogens is 1. The maximum absolute atomic E-state index is 12.9. The molecule has 0 aliphatic rings. The smallest absolute Gasteiger partial charge is 0.266 e. The number of carbonyl (C=O) groups is 1. The number of hydrogen-bond donors (Lipinski definition) is 1. The third-order valence-corrected chi connectivity index (χ3v) is 5.57. The summed E-state index contributed by atoms with van der Waals surface area (Å²) < 4.78 is 16.5. The van der Waals surface area contributed by atoms with Gasteiger partial charge < -0.3 is 19.5 Å². The zero-order valence-corrected chi connectivity index (χ0v) is 20.2. The molecule has 6 nitrogen and oxygen atoms in total. The molecule has 0 aliphatic heterocycles. The second kappa shape index (κ2) is 11.3. The van der Waals surface area contributed by atoms with Gasteiger partial charge in [-0.2, -0.15) is 5.26 Å². The number of nitrogens with one attached hydrogen (secondary N) is 1. The molecule has 3 aromatic rings. The van der Waals surface area contributed by atoms with Crippen molar-refractivity contribution in [1.82, 2.24) is 0 Å². The summed E-state index contributed by atoms with van der Waals surface area (Å²) in [6.07, 6.45) is 1.49. The molecule has 0 aromatic heterocycles. The second-order valence-electron chi connectivity index (χ2n) is 7.56. The van der Waals surface area contributed by atoms with E-state index < -0.39 is 5.91 Å². The van der Waals surface area contributed by atoms with Crippen LogP contribution < -0.4 is 19.5 Å². The predicted octanol–water partition coefficient (Wildman–Crippen LogP) is 6.10. The first-order valence-electron chi connectivity index (χ1n) is 10.5. The number of benzene rings is 3. The lowest BCUT2D eigenvalue weighted by Gasteiger charge is -2.13. The van der Waals surface area contributed by atoms with E-state index in [1.165, 1.54) is 43.6 Å². The molecule has 1 N–H and O–H groups in total. The molecule has 7 heteroatoms. The summed E-state index contributed by atoms with van der Waals surface area (Å²) in [4.78, 5) is 12.9. The highest BCUT2D eigenvalue weighted by atomic mass is 35.5. The molecule has 34 heavy (non-hydrogen) atoms. The van der Waals surface area contributed by atoms with E-state index >= 15 is 0 Å². The van der Waals surface area contributed by atoms with Gasteiger partial charge in [-0.15, -0.1) is 0 Å². The maximum atomic E-state index is 12.9. The molecular weight excluding hydrogens is 452 g/mol. The van der Waals surface area contributed by atoms with E-state index in [0.717, 1.165) is 5.56 Å². The van der Waals surface area contributed by atoms with E-state index in [1.54, 1.807) is 12.1 Å². The van der Waals surface area contributed by atoms with Crippen LogP contribution in [0.3, 0.4) is 0 Å². The number of nitriles is 1. The van der Waals surface area contributed by atoms with Gasteiger partial charge in [-0.1, -0.05) is 48.0 Å². The highest BCUT2D eigenvalue weighted by molar-refractivity contribution is 6.32. The molecule has 3 aromatic carbocycles. The maximum Gasteiger partial charge on any atom is 0.266 e. The van der Waals surface area contributed by atoms with Crippen LogP contribution in [0.5, 0.6) is 17.2 Å². The summed E-state index contributed by atoms with van der Waals surface area (Å²) in [7, 11) is 2.92. The van der Waals surface area contributed by atoms with Gasteiger partial charge in [0.25, 0.3) is 5.91 Å². The van der Waals surface area contributed by atoms with Gasteiger partial charge in [-0.25, -0.2) is 0 Å². The largest absolute Gasteiger partial charge is 0.495 e. The van der Waals surface area contributed by atoms with Crippen LogP contribution in [0, 0.1) is 25.2 Å². The first-order valence-corrected chi connectivity index (χ1v) is 10.9. The molecule has 174 valence electrons. The minimum absolute atomic E-state index is 0.0989. The van der Waals surface area contributed by atoms with Gasteiger partial charge in [-0.05, 0) is 42.7 Å². The van der Waals surface area contributed by atoms with Gasteiger partial charge >= 0.3 is 0 Å². The Balaban J connectivity index is 1.83. The normalized spacial score (nSPS) is 10.9. The molecule has 0 radical (unpaired) electrons. The Morgan fingerprint density at radius 2 is 1.74 bits per heavy atom. The first-order chi connectivity index (χ1) is 16.4. The van der Waals surface area contributed by atoms with Crippen molar-refractivity contribution < 1.29 is 19.0 Å². The molecule has 0 atom stereocenters. The van der Waals surface area contributed by atoms with Crippen LogP contribution in [-0.4, -0.2) is 20.1 Å². The van der Waals surface area contributed by atoms with Gasteiger partial charge in [0.1, 0.15) is 35.5 Å². The zero-order valence-electron chi connectivity index (χ0n) is 19.4. The topological polar surface area (TPSA) is 80.6 Å². The quantitative estimate of drug-likeness (QED) is 0.314. The van der Waals surface area contributed by atoms with Crippen molar-refractivity contribution in [1.29, 1.82) is 5.26 Å². The molecule has 0 saturated carbocycles. The lowest BCUT2D eigenvalue weighted by molar-refractivity contribution is -0.112. The lowest BCUT2D eigenvalue weighted by atomic mass is 10.1. The standard InChI is InChI=1S/C27H25ClN2O4/c1-17-9-10-19(11-18(17)2)16-34-24-8-6-5-7-20(24)12-21(15-29)27(31)30-23-14-25(32-3)22(28)13-26(23)33-4/h5-14H,16H2,1-4H3,(H,30,31)/b21-12+. The van der Waals surface area contributed by atoms with Gasteiger partial charge in [0.05, 0.1) is 24.9 Å². The number of anilines is 1. The molecule has 0 unspecified atom stereocenters. The van der Waals surface area contributed by atoms with E-state index in [2.05, 4.69) is 31.3 Å². The van der Waals surface area contributed by atoms with Crippen molar-refractivity contribution in [3.8, 4) is 23.3 Å². The highest BCUT2D eigenvalue weighted by Crippen LogP contribution is 2.36. The molecule has 0 aliphatic carbocycles. The van der Waals surface area contributed by atoms with Crippen LogP contribution in [0.25, 0.3) is 6.08 Å². The highest BCUT2D eigenvalue weighted by Gasteiger charge is 2.16. The Bertz CT molecular complexity index is 1280. The number of rotatable bonds is 8. The number of amides is 1. The SMILES string of the molecule is COc1cc(NC(=O)/C(C#N)=C/c2ccccc2OCc2ccc(C)c(C)c2)c(OC)cc1Cl. The molecule has 0 saturated heterocycles. The van der Waals surface area contributed by atoms with Crippen molar-refractivity contribution in [2.75, 3.05) is 19.5 Å². The first kappa shape index (κ1) is 24.7. The molecule has 0 fully saturated rings. The number of methoxy groups -OCH3 is 2. The second-order valence-corrected chi connectivity index (χ2v) is 7.96. The van der Waals surface area contributed by atoms with Crippen molar-refractivity contribution in [3.63, 3.8) is 0 Å². The lowest BCUT2D eigenvalue weighted by Crippen LogP contribution is -2.14. The Morgan fingerprint density at radius 3 is 2.41 bits per heavy atom. The number of para-hydroxylation sites is 1. The minimum atomic E-state index is -0.603. The minimum Gasteiger partial charge on any atom is -0.495 e. The summed E-state index contributed by atoms with van der Waals surface area (Å²) >= 11 is 6.13. The Hall–Kier alpha value is -3.95. The molecule has 0 spiro atoms. The number of aryl methyl sites for hydroxylation is 2. The van der Waals surface area contributed by atoms with E-state index in [-0.39, 0.29) is 5.57 Å². The predicted molar refractivity (Wildman–Crippen MR) is 133 cm³/mol. The number of hydrogen-bond acceptors (Lipinski definition) is 5. The fourth-order valence-corrected chi connectivity index (χ4v) is 3.47. The van der Waals surface area contributed by atoms with Gasteiger partial charge in [0.15, 0.2) is 0 Å². The summed E-state index contributed by atoms with van der Waals surface area (Å²) in [5.74, 6) is 0.667. The van der Waals surface area contributed by atoms with Crippen LogP contribution in [0.4, 0.5) is 5.69 Å². The molecular formula is C27H25ClN2O4. The van der Waals surface area contributed by atoms with Crippen molar-refractivity contribution in [2.45, 2.75) is 20.5 Å².